The summed E-state index contributed by atoms with van der Waals surface area (Å²) in [5, 5.41) is 3.54. The van der Waals surface area contributed by atoms with Crippen molar-refractivity contribution in [2.75, 3.05) is 0 Å². The Morgan fingerprint density at radius 1 is 1.25 bits per heavy atom. The van der Waals surface area contributed by atoms with E-state index in [1.807, 2.05) is 19.1 Å². The molecule has 104 valence electrons. The van der Waals surface area contributed by atoms with Gasteiger partial charge in [-0.1, -0.05) is 35.9 Å². The number of hydrogen-bond donors (Lipinski definition) is 1. The van der Waals surface area contributed by atoms with E-state index in [1.54, 1.807) is 24.3 Å². The fraction of sp³-hybridized carbons (Fsp3) is 0.188. The Morgan fingerprint density at radius 2 is 1.95 bits per heavy atom. The lowest BCUT2D eigenvalue weighted by atomic mass is 10.1. The molecule has 1 N–H and O–H groups in total. The van der Waals surface area contributed by atoms with Crippen molar-refractivity contribution < 1.29 is 9.18 Å². The molecule has 0 saturated carbocycles. The van der Waals surface area contributed by atoms with E-state index < -0.39 is 0 Å². The maximum absolute atomic E-state index is 13.0. The van der Waals surface area contributed by atoms with E-state index in [0.717, 1.165) is 5.56 Å². The molecule has 2 aromatic carbocycles. The van der Waals surface area contributed by atoms with Crippen LogP contribution in [0.1, 0.15) is 24.1 Å². The summed E-state index contributed by atoms with van der Waals surface area (Å²) in [7, 11) is 0. The maximum Gasteiger partial charge on any atom is 0.224 e. The van der Waals surface area contributed by atoms with E-state index in [0.29, 0.717) is 10.6 Å². The zero-order valence-electron chi connectivity index (χ0n) is 11.1. The highest BCUT2D eigenvalue weighted by Gasteiger charge is 2.10. The Kier molecular flexibility index (Phi) is 4.74. The third kappa shape index (κ3) is 4.07. The number of benzene rings is 2. The molecule has 0 bridgehead atoms. The van der Waals surface area contributed by atoms with Gasteiger partial charge in [0.2, 0.25) is 5.91 Å². The van der Waals surface area contributed by atoms with Crippen LogP contribution in [0.4, 0.5) is 4.39 Å². The van der Waals surface area contributed by atoms with Crippen molar-refractivity contribution in [2.24, 2.45) is 0 Å². The minimum atomic E-state index is -0.332. The smallest absolute Gasteiger partial charge is 0.224 e. The Morgan fingerprint density at radius 3 is 2.60 bits per heavy atom. The van der Waals surface area contributed by atoms with E-state index in [-0.39, 0.29) is 24.2 Å². The minimum absolute atomic E-state index is 0.117. The topological polar surface area (TPSA) is 29.1 Å². The van der Waals surface area contributed by atoms with Gasteiger partial charge in [0.15, 0.2) is 0 Å². The average Bonchev–Trinajstić information content (AvgIpc) is 2.39. The summed E-state index contributed by atoms with van der Waals surface area (Å²) < 4.78 is 13.0. The van der Waals surface area contributed by atoms with Crippen LogP contribution in [0, 0.1) is 5.82 Å². The summed E-state index contributed by atoms with van der Waals surface area (Å²) in [4.78, 5) is 11.9. The number of carbonyl (C=O) groups excluding carboxylic acids is 1. The minimum Gasteiger partial charge on any atom is -0.349 e. The summed E-state index contributed by atoms with van der Waals surface area (Å²) in [6.45, 7) is 1.90. The summed E-state index contributed by atoms with van der Waals surface area (Å²) >= 11 is 5.82. The molecular formula is C16H15ClFNO. The molecule has 2 rings (SSSR count). The normalized spacial score (nSPS) is 11.9. The highest BCUT2D eigenvalue weighted by atomic mass is 35.5. The summed E-state index contributed by atoms with van der Waals surface area (Å²) in [6, 6.07) is 13.2. The summed E-state index contributed by atoms with van der Waals surface area (Å²) in [5.41, 5.74) is 1.63. The van der Waals surface area contributed by atoms with Crippen LogP contribution in [0.25, 0.3) is 0 Å². The van der Waals surface area contributed by atoms with E-state index >= 15 is 0 Å². The molecule has 0 aliphatic heterocycles. The van der Waals surface area contributed by atoms with Gasteiger partial charge < -0.3 is 5.32 Å². The van der Waals surface area contributed by atoms with Crippen LogP contribution < -0.4 is 5.32 Å². The molecule has 0 aliphatic carbocycles. The van der Waals surface area contributed by atoms with Crippen LogP contribution in [-0.4, -0.2) is 5.91 Å². The second-order valence-electron chi connectivity index (χ2n) is 4.65. The molecule has 4 heteroatoms. The zero-order valence-corrected chi connectivity index (χ0v) is 11.8. The van der Waals surface area contributed by atoms with Crippen molar-refractivity contribution in [1.29, 1.82) is 0 Å². The van der Waals surface area contributed by atoms with Gasteiger partial charge >= 0.3 is 0 Å². The number of amides is 1. The second-order valence-corrected chi connectivity index (χ2v) is 5.08. The molecule has 2 aromatic rings. The number of halogens is 2. The molecule has 0 saturated heterocycles. The molecule has 0 spiro atoms. The highest BCUT2D eigenvalue weighted by Crippen LogP contribution is 2.16. The van der Waals surface area contributed by atoms with Crippen molar-refractivity contribution >= 4 is 17.5 Å². The fourth-order valence-electron chi connectivity index (χ4n) is 1.96. The Balaban J connectivity index is 1.95. The predicted octanol–water partition coefficient (Wildman–Crippen LogP) is 3.90. The molecule has 0 heterocycles. The molecule has 0 fully saturated rings. The molecule has 0 aromatic heterocycles. The first-order valence-corrected chi connectivity index (χ1v) is 6.71. The van der Waals surface area contributed by atoms with Gasteiger partial charge in [-0.05, 0) is 42.3 Å². The van der Waals surface area contributed by atoms with Crippen molar-refractivity contribution in [2.45, 2.75) is 19.4 Å². The van der Waals surface area contributed by atoms with Crippen LogP contribution in [0.5, 0.6) is 0 Å². The largest absolute Gasteiger partial charge is 0.349 e. The first kappa shape index (κ1) is 14.5. The zero-order chi connectivity index (χ0) is 14.5. The van der Waals surface area contributed by atoms with Crippen LogP contribution in [-0.2, 0) is 11.2 Å². The maximum atomic E-state index is 13.0. The fourth-order valence-corrected chi connectivity index (χ4v) is 2.09. The van der Waals surface area contributed by atoms with Gasteiger partial charge in [0.25, 0.3) is 0 Å². The predicted molar refractivity (Wildman–Crippen MR) is 78.1 cm³/mol. The lowest BCUT2D eigenvalue weighted by Gasteiger charge is -2.14. The van der Waals surface area contributed by atoms with Crippen molar-refractivity contribution in [3.05, 3.63) is 70.5 Å². The Hall–Kier alpha value is -1.87. The molecule has 0 aliphatic rings. The Labute approximate surface area is 122 Å². The van der Waals surface area contributed by atoms with E-state index in [4.69, 9.17) is 11.6 Å². The highest BCUT2D eigenvalue weighted by molar-refractivity contribution is 6.30. The number of rotatable bonds is 4. The van der Waals surface area contributed by atoms with Crippen LogP contribution in [0.15, 0.2) is 48.5 Å². The monoisotopic (exact) mass is 291 g/mol. The van der Waals surface area contributed by atoms with Crippen LogP contribution >= 0.6 is 11.6 Å². The van der Waals surface area contributed by atoms with E-state index in [1.165, 1.54) is 12.1 Å². The van der Waals surface area contributed by atoms with Crippen molar-refractivity contribution in [3.63, 3.8) is 0 Å². The molecule has 0 radical (unpaired) electrons. The molecule has 0 unspecified atom stereocenters. The van der Waals surface area contributed by atoms with Gasteiger partial charge in [-0.2, -0.15) is 0 Å². The first-order valence-electron chi connectivity index (χ1n) is 6.34. The quantitative estimate of drug-likeness (QED) is 0.909. The van der Waals surface area contributed by atoms with Crippen molar-refractivity contribution in [1.82, 2.24) is 5.32 Å². The van der Waals surface area contributed by atoms with E-state index in [2.05, 4.69) is 5.32 Å². The van der Waals surface area contributed by atoms with Gasteiger partial charge in [0.1, 0.15) is 5.82 Å². The standard InChI is InChI=1S/C16H15ClFNO/c1-11(13-5-7-14(17)8-6-13)19-16(20)10-12-3-2-4-15(18)9-12/h2-9,11H,10H2,1H3,(H,19,20)/t11-/m1/s1. The molecular weight excluding hydrogens is 277 g/mol. The van der Waals surface area contributed by atoms with Gasteiger partial charge in [-0.25, -0.2) is 4.39 Å². The second kappa shape index (κ2) is 6.53. The Bertz CT molecular complexity index is 598. The molecule has 1 atom stereocenters. The van der Waals surface area contributed by atoms with Gasteiger partial charge in [-0.15, -0.1) is 0 Å². The van der Waals surface area contributed by atoms with Crippen LogP contribution in [0.2, 0.25) is 5.02 Å². The third-order valence-electron chi connectivity index (χ3n) is 3.00. The third-order valence-corrected chi connectivity index (χ3v) is 3.25. The van der Waals surface area contributed by atoms with Crippen LogP contribution in [0.3, 0.4) is 0 Å². The van der Waals surface area contributed by atoms with Crippen molar-refractivity contribution in [3.8, 4) is 0 Å². The molecule has 20 heavy (non-hydrogen) atoms. The molecule has 1 amide bonds. The number of carbonyl (C=O) groups is 1. The SMILES string of the molecule is C[C@@H](NC(=O)Cc1cccc(F)c1)c1ccc(Cl)cc1. The lowest BCUT2D eigenvalue weighted by molar-refractivity contribution is -0.121. The van der Waals surface area contributed by atoms with Gasteiger partial charge in [0.05, 0.1) is 12.5 Å². The number of nitrogens with one attached hydrogen (secondary N) is 1. The lowest BCUT2D eigenvalue weighted by Crippen LogP contribution is -2.28. The van der Waals surface area contributed by atoms with E-state index in [9.17, 15) is 9.18 Å². The molecule has 2 nitrogen and oxygen atoms in total. The summed E-state index contributed by atoms with van der Waals surface area (Å²) in [5.74, 6) is -0.473. The van der Waals surface area contributed by atoms with Gasteiger partial charge in [0, 0.05) is 5.02 Å². The first-order chi connectivity index (χ1) is 9.54. The number of hydrogen-bond acceptors (Lipinski definition) is 1. The summed E-state index contributed by atoms with van der Waals surface area (Å²) in [6.07, 6.45) is 0.162. The van der Waals surface area contributed by atoms with Gasteiger partial charge in [-0.3, -0.25) is 4.79 Å². The average molecular weight is 292 g/mol.